The molecule has 0 rings (SSSR count). The zero-order valence-corrected chi connectivity index (χ0v) is 29.8. The average molecular weight is 643 g/mol. The Balaban J connectivity index is -0.000000101. The standard InChI is InChI=1S/3C6H8O5S.3Na/c3*7-4(8)1-2-6(12)11-3-5(9)10;;;/h3*1-3H2,(H,7,8)(H,9,10);;;/q;;;3*+1/p-3. The molecule has 0 fully saturated rings. The van der Waals surface area contributed by atoms with Crippen LogP contribution in [-0.2, 0) is 43.0 Å². The molecule has 0 aliphatic carbocycles. The third-order valence-electron chi connectivity index (χ3n) is 2.67. The summed E-state index contributed by atoms with van der Waals surface area (Å²) in [5.41, 5.74) is 0. The molecule has 0 aromatic rings. The third kappa shape index (κ3) is 54.3. The van der Waals surface area contributed by atoms with E-state index < -0.39 is 55.6 Å². The molecule has 0 saturated carbocycles. The van der Waals surface area contributed by atoms with Crippen molar-refractivity contribution >= 4 is 87.6 Å². The van der Waals surface area contributed by atoms with E-state index in [0.717, 1.165) is 0 Å². The molecule has 39 heavy (non-hydrogen) atoms. The van der Waals surface area contributed by atoms with E-state index in [1.807, 2.05) is 0 Å². The van der Waals surface area contributed by atoms with Crippen molar-refractivity contribution in [3.8, 4) is 0 Å². The predicted octanol–water partition coefficient (Wildman–Crippen LogP) is -12.2. The van der Waals surface area contributed by atoms with Crippen LogP contribution in [0, 0.1) is 0 Å². The second-order valence-corrected chi connectivity index (χ2v) is 7.15. The first-order valence-electron chi connectivity index (χ1n) is 9.28. The Hall–Kier alpha value is -0.510. The van der Waals surface area contributed by atoms with Crippen LogP contribution in [0.15, 0.2) is 0 Å². The molecular formula is C18H21Na3O15S3. The molecule has 0 atom stereocenters. The summed E-state index contributed by atoms with van der Waals surface area (Å²) >= 11 is 13.5. The topological polar surface area (TPSA) is 260 Å². The van der Waals surface area contributed by atoms with E-state index in [-0.39, 0.29) is 142 Å². The van der Waals surface area contributed by atoms with Gasteiger partial charge in [-0.05, 0) is 55.9 Å². The third-order valence-corrected chi connectivity index (χ3v) is 3.64. The average Bonchev–Trinajstić information content (AvgIpc) is 2.76. The molecule has 0 amide bonds. The number of carboxylic acid groups (broad SMARTS) is 6. The Morgan fingerprint density at radius 1 is 0.462 bits per heavy atom. The summed E-state index contributed by atoms with van der Waals surface area (Å²) in [6.07, 6.45) is -0.740. The maximum absolute atomic E-state index is 9.93. The molecule has 0 heterocycles. The van der Waals surface area contributed by atoms with E-state index in [4.69, 9.17) is 15.3 Å². The van der Waals surface area contributed by atoms with Gasteiger partial charge in [-0.2, -0.15) is 0 Å². The van der Waals surface area contributed by atoms with Gasteiger partial charge in [0.25, 0.3) is 0 Å². The van der Waals surface area contributed by atoms with Gasteiger partial charge in [-0.1, -0.05) is 0 Å². The Labute approximate surface area is 304 Å². The van der Waals surface area contributed by atoms with E-state index in [0.29, 0.717) is 0 Å². The summed E-state index contributed by atoms with van der Waals surface area (Å²) in [6, 6.07) is 0. The van der Waals surface area contributed by atoms with Crippen LogP contribution in [0.1, 0.15) is 38.5 Å². The fourth-order valence-corrected chi connectivity index (χ4v) is 1.74. The number of aliphatic carboxylic acids is 6. The SMILES string of the molecule is O=C([O-])CCC(=S)OCC(=O)O.O=C([O-])CCC(=S)OCC(=O)O.O=C([O-])CCC(=S)OCC(=O)O.[Na+].[Na+].[Na+]. The number of ether oxygens (including phenoxy) is 3. The molecule has 0 bridgehead atoms. The molecule has 0 aromatic heterocycles. The van der Waals surface area contributed by atoms with Crippen LogP contribution < -0.4 is 104 Å². The predicted molar refractivity (Wildman–Crippen MR) is 121 cm³/mol. The summed E-state index contributed by atoms with van der Waals surface area (Å²) in [6.45, 7) is -1.61. The molecule has 21 heteroatoms. The summed E-state index contributed by atoms with van der Waals surface area (Å²) in [4.78, 5) is 59.5. The number of thiocarbonyl (C=S) groups is 3. The molecule has 3 N–H and O–H groups in total. The minimum Gasteiger partial charge on any atom is -0.550 e. The zero-order valence-electron chi connectivity index (χ0n) is 21.3. The van der Waals surface area contributed by atoms with Gasteiger partial charge in [-0.25, -0.2) is 14.4 Å². The van der Waals surface area contributed by atoms with Crippen molar-refractivity contribution in [1.29, 1.82) is 0 Å². The van der Waals surface area contributed by atoms with Crippen LogP contribution in [0.25, 0.3) is 0 Å². The normalized spacial score (nSPS) is 8.31. The number of hydrogen-bond donors (Lipinski definition) is 3. The largest absolute Gasteiger partial charge is 1.00 e. The Bertz CT molecular complexity index is 660. The molecule has 15 nitrogen and oxygen atoms in total. The van der Waals surface area contributed by atoms with Gasteiger partial charge in [-0.15, -0.1) is 0 Å². The van der Waals surface area contributed by atoms with Gasteiger partial charge in [0.2, 0.25) is 0 Å². The van der Waals surface area contributed by atoms with Crippen LogP contribution in [0.3, 0.4) is 0 Å². The van der Waals surface area contributed by atoms with Crippen LogP contribution in [-0.4, -0.2) is 86.1 Å². The van der Waals surface area contributed by atoms with Crippen molar-refractivity contribution < 1.29 is 162 Å². The first-order valence-corrected chi connectivity index (χ1v) is 10.5. The van der Waals surface area contributed by atoms with Crippen molar-refractivity contribution in [3.63, 3.8) is 0 Å². The molecule has 0 radical (unpaired) electrons. The molecule has 0 saturated heterocycles. The number of rotatable bonds is 15. The fourth-order valence-electron chi connectivity index (χ4n) is 1.26. The van der Waals surface area contributed by atoms with Gasteiger partial charge in [0.05, 0.1) is 0 Å². The van der Waals surface area contributed by atoms with Gasteiger partial charge < -0.3 is 59.2 Å². The maximum atomic E-state index is 9.93. The van der Waals surface area contributed by atoms with E-state index in [9.17, 15) is 44.1 Å². The van der Waals surface area contributed by atoms with Crippen molar-refractivity contribution in [2.45, 2.75) is 38.5 Å². The monoisotopic (exact) mass is 642 g/mol. The molecule has 0 unspecified atom stereocenters. The zero-order chi connectivity index (χ0) is 28.7. The molecule has 0 spiro atoms. The van der Waals surface area contributed by atoms with Crippen molar-refractivity contribution in [2.24, 2.45) is 0 Å². The summed E-state index contributed by atoms with van der Waals surface area (Å²) in [5, 5.41) is 54.0. The Morgan fingerprint density at radius 2 is 0.641 bits per heavy atom. The maximum Gasteiger partial charge on any atom is 1.00 e. The molecule has 0 aliphatic heterocycles. The first-order chi connectivity index (χ1) is 16.6. The Kier molecular flexibility index (Phi) is 44.3. The van der Waals surface area contributed by atoms with Gasteiger partial charge >= 0.3 is 107 Å². The second kappa shape index (κ2) is 33.7. The minimum absolute atomic E-state index is 0. The summed E-state index contributed by atoms with van der Waals surface area (Å²) < 4.78 is 13.5. The van der Waals surface area contributed by atoms with E-state index in [2.05, 4.69) is 50.9 Å². The second-order valence-electron chi connectivity index (χ2n) is 5.78. The minimum atomic E-state index is -1.24. The Morgan fingerprint density at radius 3 is 0.769 bits per heavy atom. The molecule has 204 valence electrons. The van der Waals surface area contributed by atoms with Crippen LogP contribution in [0.4, 0.5) is 0 Å². The van der Waals surface area contributed by atoms with E-state index >= 15 is 0 Å². The molecule has 0 aromatic carbocycles. The van der Waals surface area contributed by atoms with Crippen molar-refractivity contribution in [1.82, 2.24) is 0 Å². The number of hydrogen-bond acceptors (Lipinski definition) is 15. The van der Waals surface area contributed by atoms with Gasteiger partial charge in [0.1, 0.15) is 0 Å². The number of carbonyl (C=O) groups is 6. The number of carbonyl (C=O) groups excluding carboxylic acids is 3. The quantitative estimate of drug-likeness (QED) is 0.111. The fraction of sp³-hybridized carbons (Fsp3) is 0.500. The first kappa shape index (κ1) is 51.2. The van der Waals surface area contributed by atoms with Crippen molar-refractivity contribution in [2.75, 3.05) is 19.8 Å². The van der Waals surface area contributed by atoms with Gasteiger partial charge in [-0.3, -0.25) is 0 Å². The van der Waals surface area contributed by atoms with E-state index in [1.54, 1.807) is 0 Å². The molecular weight excluding hydrogens is 621 g/mol. The number of carboxylic acids is 6. The summed E-state index contributed by atoms with van der Waals surface area (Å²) in [7, 11) is 0. The van der Waals surface area contributed by atoms with E-state index in [1.165, 1.54) is 0 Å². The molecule has 0 aliphatic rings. The van der Waals surface area contributed by atoms with Crippen LogP contribution >= 0.6 is 36.7 Å². The van der Waals surface area contributed by atoms with Gasteiger partial charge in [0, 0.05) is 37.2 Å². The van der Waals surface area contributed by atoms with Crippen LogP contribution in [0.2, 0.25) is 0 Å². The summed E-state index contributed by atoms with van der Waals surface area (Å²) in [5.74, 6) is -7.16. The van der Waals surface area contributed by atoms with Crippen molar-refractivity contribution in [3.05, 3.63) is 0 Å². The van der Waals surface area contributed by atoms with Crippen LogP contribution in [0.5, 0.6) is 0 Å². The smallest absolute Gasteiger partial charge is 0.550 e. The van der Waals surface area contributed by atoms with Gasteiger partial charge in [0.15, 0.2) is 35.0 Å².